The molecule has 0 saturated heterocycles. The average Bonchev–Trinajstić information content (AvgIpc) is 2.96. The van der Waals surface area contributed by atoms with Crippen LogP contribution >= 0.6 is 11.3 Å². The summed E-state index contributed by atoms with van der Waals surface area (Å²) in [5.41, 5.74) is 0.887. The monoisotopic (exact) mass is 304 g/mol. The number of hydrogen-bond donors (Lipinski definition) is 1. The first kappa shape index (κ1) is 15.5. The van der Waals surface area contributed by atoms with Gasteiger partial charge in [-0.3, -0.25) is 4.79 Å². The van der Waals surface area contributed by atoms with Gasteiger partial charge in [-0.2, -0.15) is 0 Å². The van der Waals surface area contributed by atoms with Crippen LogP contribution in [0.25, 0.3) is 0 Å². The minimum atomic E-state index is -0.0718. The molecule has 2 aromatic rings. The second-order valence-corrected chi connectivity index (χ2v) is 5.94. The summed E-state index contributed by atoms with van der Waals surface area (Å²) < 4.78 is 5.26. The summed E-state index contributed by atoms with van der Waals surface area (Å²) >= 11 is 1.65. The van der Waals surface area contributed by atoms with Crippen LogP contribution in [0.1, 0.15) is 35.3 Å². The number of carbonyl (C=O) groups is 1. The van der Waals surface area contributed by atoms with Crippen molar-refractivity contribution in [1.82, 2.24) is 10.3 Å². The molecule has 112 valence electrons. The van der Waals surface area contributed by atoms with Crippen LogP contribution in [0.5, 0.6) is 5.75 Å². The van der Waals surface area contributed by atoms with Crippen molar-refractivity contribution in [3.05, 3.63) is 45.9 Å². The Morgan fingerprint density at radius 1 is 1.43 bits per heavy atom. The largest absolute Gasteiger partial charge is 0.496 e. The van der Waals surface area contributed by atoms with Crippen molar-refractivity contribution in [2.75, 3.05) is 7.11 Å². The third-order valence-corrected chi connectivity index (χ3v) is 4.54. The van der Waals surface area contributed by atoms with Gasteiger partial charge in [-0.1, -0.05) is 25.1 Å². The molecule has 1 aromatic heterocycles. The summed E-state index contributed by atoms with van der Waals surface area (Å²) in [4.78, 5) is 17.7. The van der Waals surface area contributed by atoms with Crippen LogP contribution in [-0.2, 0) is 17.6 Å². The highest BCUT2D eigenvalue weighted by atomic mass is 32.1. The second kappa shape index (κ2) is 7.22. The smallest absolute Gasteiger partial charge is 0.225 e. The maximum atomic E-state index is 12.2. The zero-order valence-electron chi connectivity index (χ0n) is 12.6. The van der Waals surface area contributed by atoms with E-state index in [4.69, 9.17) is 4.74 Å². The molecule has 4 nitrogen and oxygen atoms in total. The lowest BCUT2D eigenvalue weighted by molar-refractivity contribution is -0.121. The number of amides is 1. The van der Waals surface area contributed by atoms with Gasteiger partial charge in [-0.25, -0.2) is 4.98 Å². The van der Waals surface area contributed by atoms with Crippen molar-refractivity contribution in [2.24, 2.45) is 0 Å². The lowest BCUT2D eigenvalue weighted by Crippen LogP contribution is -2.28. The van der Waals surface area contributed by atoms with E-state index in [-0.39, 0.29) is 11.9 Å². The van der Waals surface area contributed by atoms with E-state index in [1.165, 1.54) is 4.88 Å². The number of hydrogen-bond acceptors (Lipinski definition) is 4. The molecule has 0 radical (unpaired) electrons. The lowest BCUT2D eigenvalue weighted by Gasteiger charge is -2.12. The maximum Gasteiger partial charge on any atom is 0.225 e. The van der Waals surface area contributed by atoms with Gasteiger partial charge in [-0.15, -0.1) is 11.3 Å². The summed E-state index contributed by atoms with van der Waals surface area (Å²) in [6.07, 6.45) is 3.16. The Morgan fingerprint density at radius 2 is 2.19 bits per heavy atom. The normalized spacial score (nSPS) is 12.0. The van der Waals surface area contributed by atoms with Gasteiger partial charge in [0.2, 0.25) is 5.91 Å². The summed E-state index contributed by atoms with van der Waals surface area (Å²) in [6, 6.07) is 7.49. The quantitative estimate of drug-likeness (QED) is 0.892. The summed E-state index contributed by atoms with van der Waals surface area (Å²) in [7, 11) is 1.61. The van der Waals surface area contributed by atoms with E-state index in [0.717, 1.165) is 22.7 Å². The van der Waals surface area contributed by atoms with Crippen LogP contribution < -0.4 is 10.1 Å². The van der Waals surface area contributed by atoms with E-state index in [1.54, 1.807) is 18.4 Å². The van der Waals surface area contributed by atoms with Crippen LogP contribution in [-0.4, -0.2) is 18.0 Å². The van der Waals surface area contributed by atoms with E-state index in [0.29, 0.717) is 6.42 Å². The Bertz CT molecular complexity index is 610. The number of aromatic nitrogens is 1. The molecule has 1 N–H and O–H groups in total. The molecule has 0 aliphatic rings. The van der Waals surface area contributed by atoms with Gasteiger partial charge in [0, 0.05) is 16.6 Å². The predicted molar refractivity (Wildman–Crippen MR) is 84.7 cm³/mol. The molecule has 0 aliphatic heterocycles. The van der Waals surface area contributed by atoms with Gasteiger partial charge in [0.15, 0.2) is 0 Å². The highest BCUT2D eigenvalue weighted by Gasteiger charge is 2.14. The highest BCUT2D eigenvalue weighted by Crippen LogP contribution is 2.21. The Kier molecular flexibility index (Phi) is 5.33. The van der Waals surface area contributed by atoms with Crippen LogP contribution in [0, 0.1) is 0 Å². The fourth-order valence-corrected chi connectivity index (χ4v) is 2.92. The molecule has 1 heterocycles. The molecular formula is C16H20N2O2S. The highest BCUT2D eigenvalue weighted by molar-refractivity contribution is 7.11. The van der Waals surface area contributed by atoms with Gasteiger partial charge in [0.05, 0.1) is 19.6 Å². The van der Waals surface area contributed by atoms with Crippen molar-refractivity contribution in [3.63, 3.8) is 0 Å². The molecule has 0 bridgehead atoms. The maximum absolute atomic E-state index is 12.2. The molecule has 1 amide bonds. The molecule has 5 heteroatoms. The number of benzene rings is 1. The number of carbonyl (C=O) groups excluding carboxylic acids is 1. The zero-order valence-corrected chi connectivity index (χ0v) is 13.4. The first-order valence-electron chi connectivity index (χ1n) is 7.00. The summed E-state index contributed by atoms with van der Waals surface area (Å²) in [5.74, 6) is 0.711. The average molecular weight is 304 g/mol. The molecule has 0 unspecified atom stereocenters. The van der Waals surface area contributed by atoms with E-state index in [2.05, 4.69) is 17.2 Å². The molecule has 0 spiro atoms. The van der Waals surface area contributed by atoms with Crippen molar-refractivity contribution >= 4 is 17.2 Å². The molecule has 0 fully saturated rings. The van der Waals surface area contributed by atoms with Gasteiger partial charge >= 0.3 is 0 Å². The van der Waals surface area contributed by atoms with Gasteiger partial charge in [-0.05, 0) is 19.4 Å². The zero-order chi connectivity index (χ0) is 15.2. The summed E-state index contributed by atoms with van der Waals surface area (Å²) in [6.45, 7) is 4.06. The van der Waals surface area contributed by atoms with Gasteiger partial charge in [0.25, 0.3) is 0 Å². The van der Waals surface area contributed by atoms with Gasteiger partial charge in [0.1, 0.15) is 10.8 Å². The van der Waals surface area contributed by atoms with Crippen LogP contribution in [0.3, 0.4) is 0 Å². The fourth-order valence-electron chi connectivity index (χ4n) is 2.06. The van der Waals surface area contributed by atoms with Gasteiger partial charge < -0.3 is 10.1 Å². The van der Waals surface area contributed by atoms with Crippen molar-refractivity contribution in [2.45, 2.75) is 32.7 Å². The number of methoxy groups -OCH3 is 1. The number of nitrogens with one attached hydrogen (secondary N) is 1. The Morgan fingerprint density at radius 3 is 2.86 bits per heavy atom. The number of nitrogens with zero attached hydrogens (tertiary/aromatic N) is 1. The predicted octanol–water partition coefficient (Wildman–Crippen LogP) is 3.13. The number of rotatable bonds is 6. The van der Waals surface area contributed by atoms with Crippen molar-refractivity contribution in [1.29, 1.82) is 0 Å². The second-order valence-electron chi connectivity index (χ2n) is 4.80. The topological polar surface area (TPSA) is 51.2 Å². The number of thiazole rings is 1. The van der Waals surface area contributed by atoms with Crippen molar-refractivity contribution in [3.8, 4) is 5.75 Å². The van der Waals surface area contributed by atoms with Crippen LogP contribution in [0.2, 0.25) is 0 Å². The minimum absolute atomic E-state index is 0.0275. The first-order chi connectivity index (χ1) is 10.1. The third kappa shape index (κ3) is 4.04. The SMILES string of the molecule is CCc1cnc([C@@H](C)NC(=O)Cc2ccccc2OC)s1. The van der Waals surface area contributed by atoms with Crippen LogP contribution in [0.4, 0.5) is 0 Å². The molecular weight excluding hydrogens is 284 g/mol. The fraction of sp³-hybridized carbons (Fsp3) is 0.375. The minimum Gasteiger partial charge on any atom is -0.496 e. The number of ether oxygens (including phenoxy) is 1. The van der Waals surface area contributed by atoms with E-state index >= 15 is 0 Å². The molecule has 0 aliphatic carbocycles. The van der Waals surface area contributed by atoms with Crippen molar-refractivity contribution < 1.29 is 9.53 Å². The Hall–Kier alpha value is -1.88. The lowest BCUT2D eigenvalue weighted by atomic mass is 10.1. The molecule has 1 aromatic carbocycles. The van der Waals surface area contributed by atoms with E-state index < -0.39 is 0 Å². The Balaban J connectivity index is 1.98. The number of para-hydroxylation sites is 1. The number of aryl methyl sites for hydroxylation is 1. The third-order valence-electron chi connectivity index (χ3n) is 3.21. The molecule has 21 heavy (non-hydrogen) atoms. The van der Waals surface area contributed by atoms with E-state index in [1.807, 2.05) is 37.4 Å². The molecule has 1 atom stereocenters. The van der Waals surface area contributed by atoms with E-state index in [9.17, 15) is 4.79 Å². The first-order valence-corrected chi connectivity index (χ1v) is 7.81. The molecule has 0 saturated carbocycles. The Labute approximate surface area is 129 Å². The standard InChI is InChI=1S/C16H20N2O2S/c1-4-13-10-17-16(21-13)11(2)18-15(19)9-12-7-5-6-8-14(12)20-3/h5-8,10-11H,4,9H2,1-3H3,(H,18,19)/t11-/m1/s1. The van der Waals surface area contributed by atoms with Crippen LogP contribution in [0.15, 0.2) is 30.5 Å². The molecule has 2 rings (SSSR count). The summed E-state index contributed by atoms with van der Waals surface area (Å²) in [5, 5.41) is 3.93.